The highest BCUT2D eigenvalue weighted by atomic mass is 32.1. The van der Waals surface area contributed by atoms with Gasteiger partial charge in [0.25, 0.3) is 11.8 Å². The van der Waals surface area contributed by atoms with Crippen LogP contribution in [0.1, 0.15) is 129 Å². The number of carbonyl (C=O) groups is 6. The molecule has 22 nitrogen and oxygen atoms in total. The molecule has 9 heterocycles. The smallest absolute Gasteiger partial charge is 0.354 e. The molecule has 0 aliphatic carbocycles. The number of aromatic carboxylic acids is 1. The summed E-state index contributed by atoms with van der Waals surface area (Å²) in [6, 6.07) is 13.0. The number of aryl methyl sites for hydroxylation is 1. The number of thiazole rings is 6. The minimum Gasteiger partial charge on any atom is -0.477 e. The van der Waals surface area contributed by atoms with Gasteiger partial charge in [0.05, 0.1) is 46.9 Å². The van der Waals surface area contributed by atoms with Crippen molar-refractivity contribution < 1.29 is 43.7 Å². The first-order valence-corrected chi connectivity index (χ1v) is 30.9. The maximum absolute atomic E-state index is 14.4. The Bertz CT molecular complexity index is 3980. The number of nitrogens with zero attached hydrogens (tertiary/aromatic N) is 8. The van der Waals surface area contributed by atoms with Crippen LogP contribution in [0.4, 0.5) is 5.82 Å². The Morgan fingerprint density at radius 2 is 1.51 bits per heavy atom. The number of nitrogens with one attached hydrogen (secondary N) is 5. The van der Waals surface area contributed by atoms with Gasteiger partial charge in [0.1, 0.15) is 82.9 Å². The Hall–Kier alpha value is -8.22. The zero-order valence-electron chi connectivity index (χ0n) is 45.3. The van der Waals surface area contributed by atoms with E-state index in [1.54, 1.807) is 72.0 Å². The number of carboxylic acid groups (broad SMARTS) is 1. The largest absolute Gasteiger partial charge is 0.477 e. The van der Waals surface area contributed by atoms with Crippen LogP contribution in [-0.4, -0.2) is 106 Å². The summed E-state index contributed by atoms with van der Waals surface area (Å²) in [5.41, 5.74) is 3.47. The number of fused-ring (bicyclic) bond motifs is 14. The molecule has 28 heteroatoms. The summed E-state index contributed by atoms with van der Waals surface area (Å²) in [4.78, 5) is 120. The van der Waals surface area contributed by atoms with E-state index < -0.39 is 41.9 Å². The SMILES string of the molecule is C=C1NCC(=O)N[C@@H]([C@@H](O)c2ccccc2)c2nc(cs2)-c2nc(cs2)-c2nc(-c3nc(NC(=O)c4ccnc(C(=O)O)c4)cs3)ccc2-c2nc(cs2)C(=O)N[C@@H](CC(=O)NC)c2nc(c(C)s2)C(=O)C[C@H](C(C)C)c2nc1c(COC)s2. The van der Waals surface area contributed by atoms with E-state index in [0.717, 1.165) is 10.9 Å². The molecule has 4 atom stereocenters. The van der Waals surface area contributed by atoms with Gasteiger partial charge in [-0.15, -0.1) is 68.0 Å². The number of anilines is 1. The fourth-order valence-corrected chi connectivity index (χ4v) is 14.5. The molecule has 7 N–H and O–H groups in total. The second-order valence-corrected chi connectivity index (χ2v) is 25.1. The van der Waals surface area contributed by atoms with E-state index in [4.69, 9.17) is 34.6 Å². The molecule has 10 bridgehead atoms. The fraction of sp³-hybridized carbons (Fsp3) is 0.250. The number of aliphatic hydroxyl groups is 1. The summed E-state index contributed by atoms with van der Waals surface area (Å²) in [5, 5.41) is 45.2. The van der Waals surface area contributed by atoms with Crippen molar-refractivity contribution >= 4 is 115 Å². The second-order valence-electron chi connectivity index (χ2n) is 19.3. The number of Topliss-reactive ketones (excluding diaryl/α,β-unsaturated/α-hetero) is 1. The van der Waals surface area contributed by atoms with E-state index >= 15 is 0 Å². The van der Waals surface area contributed by atoms with Crippen molar-refractivity contribution in [2.24, 2.45) is 5.92 Å². The van der Waals surface area contributed by atoms with Crippen LogP contribution < -0.4 is 26.6 Å². The average molecular weight is 1240 g/mol. The van der Waals surface area contributed by atoms with E-state index in [-0.39, 0.29) is 78.0 Å². The molecule has 1 aliphatic rings. The van der Waals surface area contributed by atoms with E-state index in [0.29, 0.717) is 80.2 Å². The quantitative estimate of drug-likeness (QED) is 0.0634. The topological polar surface area (TPSA) is 315 Å². The number of pyridine rings is 2. The van der Waals surface area contributed by atoms with Crippen molar-refractivity contribution in [3.05, 3.63) is 148 Å². The number of hydrogen-bond acceptors (Lipinski definition) is 23. The summed E-state index contributed by atoms with van der Waals surface area (Å²) in [6.45, 7) is 9.94. The first-order valence-electron chi connectivity index (χ1n) is 25.8. The van der Waals surface area contributed by atoms with Gasteiger partial charge in [-0.1, -0.05) is 50.8 Å². The molecule has 4 amide bonds. The van der Waals surface area contributed by atoms with Gasteiger partial charge in [-0.05, 0) is 42.7 Å². The number of benzene rings is 1. The zero-order valence-corrected chi connectivity index (χ0v) is 50.2. The summed E-state index contributed by atoms with van der Waals surface area (Å²) < 4.78 is 5.57. The first-order chi connectivity index (χ1) is 40.4. The highest BCUT2D eigenvalue weighted by Crippen LogP contribution is 2.41. The van der Waals surface area contributed by atoms with Crippen LogP contribution in [-0.2, 0) is 20.9 Å². The van der Waals surface area contributed by atoms with Crippen molar-refractivity contribution in [3.8, 4) is 43.4 Å². The summed E-state index contributed by atoms with van der Waals surface area (Å²) in [5.74, 6) is -3.84. The van der Waals surface area contributed by atoms with Crippen molar-refractivity contribution in [2.75, 3.05) is 26.0 Å². The van der Waals surface area contributed by atoms with Gasteiger partial charge in [0.15, 0.2) is 5.78 Å². The third kappa shape index (κ3) is 13.1. The lowest BCUT2D eigenvalue weighted by Crippen LogP contribution is -2.38. The second kappa shape index (κ2) is 25.7. The van der Waals surface area contributed by atoms with Gasteiger partial charge in [-0.2, -0.15) is 0 Å². The number of amides is 4. The number of rotatable bonds is 11. The predicted molar refractivity (Wildman–Crippen MR) is 322 cm³/mol. The van der Waals surface area contributed by atoms with Crippen LogP contribution in [0.3, 0.4) is 0 Å². The predicted octanol–water partition coefficient (Wildman–Crippen LogP) is 9.37. The van der Waals surface area contributed by atoms with Gasteiger partial charge in [-0.3, -0.25) is 24.0 Å². The number of ether oxygens (including phenoxy) is 1. The molecule has 0 radical (unpaired) electrons. The fourth-order valence-electron chi connectivity index (χ4n) is 8.86. The summed E-state index contributed by atoms with van der Waals surface area (Å²) in [6.07, 6.45) is -0.145. The molecule has 0 fully saturated rings. The van der Waals surface area contributed by atoms with E-state index in [2.05, 4.69) is 43.1 Å². The van der Waals surface area contributed by atoms with Gasteiger partial charge in [0.2, 0.25) is 11.8 Å². The number of ketones is 1. The molecule has 0 saturated carbocycles. The summed E-state index contributed by atoms with van der Waals surface area (Å²) in [7, 11) is 3.05. The van der Waals surface area contributed by atoms with Crippen molar-refractivity contribution in [3.63, 3.8) is 0 Å². The highest BCUT2D eigenvalue weighted by molar-refractivity contribution is 7.15. The van der Waals surface area contributed by atoms with Gasteiger partial charge >= 0.3 is 5.97 Å². The lowest BCUT2D eigenvalue weighted by atomic mass is 9.90. The monoisotopic (exact) mass is 1240 g/mol. The molecular formula is C56H51N13O9S6. The Morgan fingerprint density at radius 1 is 0.786 bits per heavy atom. The van der Waals surface area contributed by atoms with E-state index in [1.165, 1.54) is 87.3 Å². The molecule has 1 aliphatic heterocycles. The maximum atomic E-state index is 14.4. The van der Waals surface area contributed by atoms with E-state index in [1.807, 2.05) is 19.9 Å². The average Bonchev–Trinajstić information content (AvgIpc) is 4.48. The Labute approximate surface area is 503 Å². The molecule has 9 aromatic rings. The molecular weight excluding hydrogens is 1190 g/mol. The van der Waals surface area contributed by atoms with Gasteiger partial charge in [0, 0.05) is 70.2 Å². The van der Waals surface area contributed by atoms with Crippen molar-refractivity contribution in [2.45, 2.75) is 64.3 Å². The molecule has 430 valence electrons. The Kier molecular flexibility index (Phi) is 18.1. The number of carboxylic acids is 1. The van der Waals surface area contributed by atoms with Gasteiger partial charge < -0.3 is 41.5 Å². The first kappa shape index (κ1) is 59.0. The van der Waals surface area contributed by atoms with Crippen molar-refractivity contribution in [1.82, 2.24) is 61.1 Å². The standard InChI is InChI=1S/C56H51N13O9S6/c1-25(2)31-17-38(70)44-27(4)83-54(69-44)33(18-41(71)57-5)61-49(75)36-22-79-50(63-36)30-12-13-32(52-66-40(24-82-52)65-48(74)29-14-15-58-34(16-29)56(76)77)60-45(30)35-21-80-53(62-35)37-23-81-55(64-37)46(47(73)28-10-8-7-9-11-28)67-42(72)19-59-26(3)43-39(20-78-6)84-51(31)68-43/h7-16,21-25,31,33,46-47,59,73H,3,17-20H2,1-2,4-6H3,(H,57,71)(H,61,75)(H,65,74)(H,67,72)(H,76,77)/t31-,33+,46+,47+/m1/s1. The molecule has 10 rings (SSSR count). The number of aliphatic hydroxyl groups excluding tert-OH is 1. The number of carbonyl (C=O) groups excluding carboxylic acids is 5. The third-order valence-corrected chi connectivity index (χ3v) is 19.0. The van der Waals surface area contributed by atoms with Crippen LogP contribution in [0, 0.1) is 12.8 Å². The molecule has 0 unspecified atom stereocenters. The lowest BCUT2D eigenvalue weighted by molar-refractivity contribution is -0.122. The van der Waals surface area contributed by atoms with Crippen LogP contribution >= 0.6 is 68.0 Å². The van der Waals surface area contributed by atoms with Gasteiger partial charge in [-0.25, -0.2) is 44.7 Å². The summed E-state index contributed by atoms with van der Waals surface area (Å²) >= 11 is 7.46. The van der Waals surface area contributed by atoms with Crippen molar-refractivity contribution in [1.29, 1.82) is 0 Å². The molecule has 0 saturated heterocycles. The zero-order chi connectivity index (χ0) is 59.3. The number of hydrogen-bond donors (Lipinski definition) is 7. The van der Waals surface area contributed by atoms with Crippen LogP contribution in [0.25, 0.3) is 49.1 Å². The third-order valence-electron chi connectivity index (χ3n) is 13.2. The maximum Gasteiger partial charge on any atom is 0.354 e. The molecule has 8 aromatic heterocycles. The van der Waals surface area contributed by atoms with Crippen LogP contribution in [0.5, 0.6) is 0 Å². The minimum atomic E-state index is -1.28. The van der Waals surface area contributed by atoms with Crippen LogP contribution in [0.15, 0.2) is 88.9 Å². The lowest BCUT2D eigenvalue weighted by Gasteiger charge is -2.23. The normalized spacial score (nSPS) is 16.3. The minimum absolute atomic E-state index is 0.0343. The highest BCUT2D eigenvalue weighted by Gasteiger charge is 2.33. The molecule has 1 aromatic carbocycles. The Balaban J connectivity index is 1.04. The number of aromatic nitrogens is 8. The van der Waals surface area contributed by atoms with Crippen LogP contribution in [0.2, 0.25) is 0 Å². The molecule has 84 heavy (non-hydrogen) atoms. The van der Waals surface area contributed by atoms with E-state index in [9.17, 15) is 39.0 Å². The molecule has 0 spiro atoms. The Morgan fingerprint density at radius 3 is 2.27 bits per heavy atom. The number of methoxy groups -OCH3 is 1.